The van der Waals surface area contributed by atoms with Crippen LogP contribution in [0, 0.1) is 5.41 Å². The van der Waals surface area contributed by atoms with Gasteiger partial charge in [-0.05, 0) is 36.1 Å². The summed E-state index contributed by atoms with van der Waals surface area (Å²) in [6.07, 6.45) is 1.25. The van der Waals surface area contributed by atoms with Crippen molar-refractivity contribution in [2.75, 3.05) is 19.6 Å². The summed E-state index contributed by atoms with van der Waals surface area (Å²) in [4.78, 5) is 2.49. The average Bonchev–Trinajstić information content (AvgIpc) is 2.63. The van der Waals surface area contributed by atoms with E-state index in [2.05, 4.69) is 30.9 Å². The van der Waals surface area contributed by atoms with Crippen molar-refractivity contribution >= 4 is 11.6 Å². The first-order valence-corrected chi connectivity index (χ1v) is 6.59. The quantitative estimate of drug-likeness (QED) is 0.896. The first kappa shape index (κ1) is 12.9. The molecule has 0 aliphatic carbocycles. The van der Waals surface area contributed by atoms with Crippen molar-refractivity contribution in [1.29, 1.82) is 0 Å². The number of benzene rings is 1. The molecule has 0 spiro atoms. The summed E-state index contributed by atoms with van der Waals surface area (Å²) in [7, 11) is 0. The zero-order valence-electron chi connectivity index (χ0n) is 10.6. The van der Waals surface area contributed by atoms with Gasteiger partial charge in [0.2, 0.25) is 0 Å². The van der Waals surface area contributed by atoms with Gasteiger partial charge in [-0.2, -0.15) is 0 Å². The van der Waals surface area contributed by atoms with Crippen molar-refractivity contribution in [3.63, 3.8) is 0 Å². The van der Waals surface area contributed by atoms with Gasteiger partial charge in [-0.3, -0.25) is 4.90 Å². The molecule has 1 unspecified atom stereocenters. The van der Waals surface area contributed by atoms with Gasteiger partial charge < -0.3 is 5.73 Å². The van der Waals surface area contributed by atoms with Gasteiger partial charge in [0.15, 0.2) is 0 Å². The van der Waals surface area contributed by atoms with E-state index < -0.39 is 0 Å². The van der Waals surface area contributed by atoms with E-state index in [0.29, 0.717) is 18.0 Å². The van der Waals surface area contributed by atoms with Gasteiger partial charge in [0.05, 0.1) is 0 Å². The first-order valence-electron chi connectivity index (χ1n) is 6.21. The Morgan fingerprint density at radius 3 is 2.47 bits per heavy atom. The fraction of sp³-hybridized carbons (Fsp3) is 0.571. The number of hydrogen-bond acceptors (Lipinski definition) is 2. The summed E-state index contributed by atoms with van der Waals surface area (Å²) < 4.78 is 0. The molecule has 2 nitrogen and oxygen atoms in total. The normalized spacial score (nSPS) is 21.6. The van der Waals surface area contributed by atoms with E-state index in [0.717, 1.165) is 18.1 Å². The van der Waals surface area contributed by atoms with E-state index in [1.807, 2.05) is 12.1 Å². The lowest BCUT2D eigenvalue weighted by Crippen LogP contribution is -2.33. The van der Waals surface area contributed by atoms with Crippen LogP contribution in [-0.4, -0.2) is 24.5 Å². The maximum Gasteiger partial charge on any atom is 0.0470 e. The van der Waals surface area contributed by atoms with Crippen LogP contribution in [0.15, 0.2) is 24.3 Å². The molecule has 2 rings (SSSR count). The summed E-state index contributed by atoms with van der Waals surface area (Å²) in [5, 5.41) is 0.784. The van der Waals surface area contributed by atoms with Gasteiger partial charge in [-0.1, -0.05) is 37.6 Å². The molecule has 1 aliphatic heterocycles. The lowest BCUT2D eigenvalue weighted by Gasteiger charge is -2.28. The number of halogens is 1. The third-order valence-corrected chi connectivity index (χ3v) is 3.88. The number of nitrogens with zero attached hydrogens (tertiary/aromatic N) is 1. The highest BCUT2D eigenvalue weighted by atomic mass is 35.5. The molecule has 1 fully saturated rings. The highest BCUT2D eigenvalue weighted by Gasteiger charge is 2.33. The predicted molar refractivity (Wildman–Crippen MR) is 73.2 cm³/mol. The number of nitrogens with two attached hydrogens (primary N) is 1. The summed E-state index contributed by atoms with van der Waals surface area (Å²) in [5.41, 5.74) is 7.63. The number of likely N-dealkylation sites (tertiary alicyclic amines) is 1. The number of hydrogen-bond donors (Lipinski definition) is 1. The van der Waals surface area contributed by atoms with Crippen LogP contribution >= 0.6 is 11.6 Å². The van der Waals surface area contributed by atoms with Crippen LogP contribution in [0.4, 0.5) is 0 Å². The molecule has 0 bridgehead atoms. The number of rotatable bonds is 3. The Hall–Kier alpha value is -0.570. The van der Waals surface area contributed by atoms with Crippen molar-refractivity contribution in [2.24, 2.45) is 11.1 Å². The minimum absolute atomic E-state index is 0.328. The Morgan fingerprint density at radius 2 is 2.00 bits per heavy atom. The van der Waals surface area contributed by atoms with Crippen LogP contribution < -0.4 is 5.73 Å². The van der Waals surface area contributed by atoms with Crippen molar-refractivity contribution in [1.82, 2.24) is 4.90 Å². The van der Waals surface area contributed by atoms with E-state index in [4.69, 9.17) is 17.3 Å². The molecular weight excluding hydrogens is 232 g/mol. The lowest BCUT2D eigenvalue weighted by atomic mass is 9.93. The van der Waals surface area contributed by atoms with Crippen molar-refractivity contribution in [3.05, 3.63) is 34.9 Å². The SMILES string of the molecule is CC1(C)CCN(C(CN)c2ccc(Cl)cc2)C1. The third-order valence-electron chi connectivity index (χ3n) is 3.63. The fourth-order valence-corrected chi connectivity index (χ4v) is 2.73. The standard InChI is InChI=1S/C14H21ClN2/c1-14(2)7-8-17(10-14)13(9-16)11-3-5-12(15)6-4-11/h3-6,13H,7-10,16H2,1-2H3. The van der Waals surface area contributed by atoms with Gasteiger partial charge in [-0.15, -0.1) is 0 Å². The maximum absolute atomic E-state index is 5.94. The van der Waals surface area contributed by atoms with Gasteiger partial charge in [-0.25, -0.2) is 0 Å². The van der Waals surface area contributed by atoms with Crippen LogP contribution in [0.2, 0.25) is 5.02 Å². The second-order valence-electron chi connectivity index (χ2n) is 5.69. The second kappa shape index (κ2) is 4.97. The molecule has 0 saturated carbocycles. The first-order chi connectivity index (χ1) is 8.02. The van der Waals surface area contributed by atoms with E-state index in [1.54, 1.807) is 0 Å². The molecule has 94 valence electrons. The molecule has 0 aromatic heterocycles. The van der Waals surface area contributed by atoms with Gasteiger partial charge >= 0.3 is 0 Å². The van der Waals surface area contributed by atoms with Crippen molar-refractivity contribution in [3.8, 4) is 0 Å². The molecule has 17 heavy (non-hydrogen) atoms. The maximum atomic E-state index is 5.94. The fourth-order valence-electron chi connectivity index (χ4n) is 2.60. The van der Waals surface area contributed by atoms with Gasteiger partial charge in [0.1, 0.15) is 0 Å². The molecule has 3 heteroatoms. The summed E-state index contributed by atoms with van der Waals surface area (Å²) in [6, 6.07) is 8.40. The Labute approximate surface area is 109 Å². The van der Waals surface area contributed by atoms with Gasteiger partial charge in [0, 0.05) is 24.2 Å². The van der Waals surface area contributed by atoms with Gasteiger partial charge in [0.25, 0.3) is 0 Å². The van der Waals surface area contributed by atoms with Crippen LogP contribution in [0.5, 0.6) is 0 Å². The largest absolute Gasteiger partial charge is 0.329 e. The molecule has 2 N–H and O–H groups in total. The monoisotopic (exact) mass is 252 g/mol. The Balaban J connectivity index is 2.14. The topological polar surface area (TPSA) is 29.3 Å². The molecule has 1 atom stereocenters. The smallest absolute Gasteiger partial charge is 0.0470 e. The van der Waals surface area contributed by atoms with Crippen molar-refractivity contribution < 1.29 is 0 Å². The summed E-state index contributed by atoms with van der Waals surface area (Å²) in [6.45, 7) is 7.57. The Bertz CT molecular complexity index is 372. The zero-order chi connectivity index (χ0) is 12.5. The summed E-state index contributed by atoms with van der Waals surface area (Å²) in [5.74, 6) is 0. The highest BCUT2D eigenvalue weighted by molar-refractivity contribution is 6.30. The minimum atomic E-state index is 0.328. The molecular formula is C14H21ClN2. The molecule has 1 aromatic carbocycles. The molecule has 1 aromatic rings. The molecule has 1 aliphatic rings. The van der Waals surface area contributed by atoms with Crippen LogP contribution in [0.3, 0.4) is 0 Å². The van der Waals surface area contributed by atoms with Crippen LogP contribution in [0.25, 0.3) is 0 Å². The molecule has 1 heterocycles. The second-order valence-corrected chi connectivity index (χ2v) is 6.12. The molecule has 0 amide bonds. The van der Waals surface area contributed by atoms with E-state index >= 15 is 0 Å². The Kier molecular flexibility index (Phi) is 3.76. The predicted octanol–water partition coefficient (Wildman–Crippen LogP) is 3.07. The highest BCUT2D eigenvalue weighted by Crippen LogP contribution is 2.34. The van der Waals surface area contributed by atoms with E-state index in [-0.39, 0.29) is 0 Å². The van der Waals surface area contributed by atoms with E-state index in [1.165, 1.54) is 12.0 Å². The van der Waals surface area contributed by atoms with Crippen LogP contribution in [-0.2, 0) is 0 Å². The lowest BCUT2D eigenvalue weighted by molar-refractivity contribution is 0.223. The third kappa shape index (κ3) is 3.01. The van der Waals surface area contributed by atoms with Crippen molar-refractivity contribution in [2.45, 2.75) is 26.3 Å². The van der Waals surface area contributed by atoms with E-state index in [9.17, 15) is 0 Å². The summed E-state index contributed by atoms with van der Waals surface area (Å²) >= 11 is 5.92. The molecule has 0 radical (unpaired) electrons. The minimum Gasteiger partial charge on any atom is -0.329 e. The zero-order valence-corrected chi connectivity index (χ0v) is 11.4. The molecule has 1 saturated heterocycles. The average molecular weight is 253 g/mol. The Morgan fingerprint density at radius 1 is 1.35 bits per heavy atom. The van der Waals surface area contributed by atoms with Crippen LogP contribution in [0.1, 0.15) is 31.9 Å².